The molecule has 0 heterocycles. The first-order valence-corrected chi connectivity index (χ1v) is 9.48. The highest BCUT2D eigenvalue weighted by atomic mass is 79.9. The van der Waals surface area contributed by atoms with Crippen molar-refractivity contribution in [3.63, 3.8) is 0 Å². The van der Waals surface area contributed by atoms with Crippen molar-refractivity contribution in [1.82, 2.24) is 9.44 Å². The molecule has 9 heteroatoms. The number of amides is 1. The molecule has 0 unspecified atom stereocenters. The monoisotopic (exact) mass is 428 g/mol. The van der Waals surface area contributed by atoms with Crippen LogP contribution < -0.4 is 14.2 Å². The summed E-state index contributed by atoms with van der Waals surface area (Å²) in [5.41, 5.74) is 1.25. The van der Waals surface area contributed by atoms with E-state index < -0.39 is 16.1 Å². The molecule has 2 rings (SSSR count). The topological polar surface area (TPSA) is 105 Å². The number of ether oxygens (including phenoxy) is 1. The molecule has 2 aromatic rings. The van der Waals surface area contributed by atoms with Crippen LogP contribution in [0.3, 0.4) is 0 Å². The van der Waals surface area contributed by atoms with Gasteiger partial charge >= 0.3 is 10.2 Å². The van der Waals surface area contributed by atoms with E-state index >= 15 is 0 Å². The van der Waals surface area contributed by atoms with Gasteiger partial charge in [-0.05, 0) is 23.3 Å². The van der Waals surface area contributed by atoms with Gasteiger partial charge in [-0.3, -0.25) is 4.79 Å². The predicted molar refractivity (Wildman–Crippen MR) is 96.4 cm³/mol. The molecule has 0 spiro atoms. The van der Waals surface area contributed by atoms with Gasteiger partial charge in [-0.15, -0.1) is 0 Å². The molecule has 25 heavy (non-hydrogen) atoms. The lowest BCUT2D eigenvalue weighted by molar-refractivity contribution is -0.118. The zero-order valence-corrected chi connectivity index (χ0v) is 15.7. The normalized spacial score (nSPS) is 11.1. The molecule has 0 saturated heterocycles. The molecule has 1 amide bonds. The van der Waals surface area contributed by atoms with Gasteiger partial charge in [0.05, 0.1) is 13.5 Å². The van der Waals surface area contributed by atoms with Gasteiger partial charge < -0.3 is 9.84 Å². The molecule has 0 aliphatic heterocycles. The molecule has 2 aromatic carbocycles. The van der Waals surface area contributed by atoms with Crippen LogP contribution in [0, 0.1) is 0 Å². The second-order valence-electron chi connectivity index (χ2n) is 5.13. The van der Waals surface area contributed by atoms with Gasteiger partial charge in [-0.1, -0.05) is 46.3 Å². The van der Waals surface area contributed by atoms with Crippen LogP contribution in [-0.2, 0) is 28.0 Å². The van der Waals surface area contributed by atoms with Crippen molar-refractivity contribution in [2.45, 2.75) is 13.0 Å². The Balaban J connectivity index is 1.98. The number of benzene rings is 2. The molecule has 0 atom stereocenters. The quantitative estimate of drug-likeness (QED) is 0.623. The van der Waals surface area contributed by atoms with Crippen LogP contribution in [0.15, 0.2) is 46.9 Å². The number of phenols is 1. The minimum absolute atomic E-state index is 0.0432. The first-order valence-electron chi connectivity index (χ1n) is 7.20. The molecule has 134 valence electrons. The van der Waals surface area contributed by atoms with E-state index in [1.807, 2.05) is 10.8 Å². The van der Waals surface area contributed by atoms with Crippen molar-refractivity contribution in [3.05, 3.63) is 58.1 Å². The van der Waals surface area contributed by atoms with E-state index in [1.165, 1.54) is 19.2 Å². The second-order valence-corrected chi connectivity index (χ2v) is 7.48. The summed E-state index contributed by atoms with van der Waals surface area (Å²) in [6, 6.07) is 11.7. The van der Waals surface area contributed by atoms with Crippen molar-refractivity contribution in [2.24, 2.45) is 0 Å². The summed E-state index contributed by atoms with van der Waals surface area (Å²) >= 11 is 3.24. The fraction of sp³-hybridized carbons (Fsp3) is 0.188. The minimum atomic E-state index is -4.02. The highest BCUT2D eigenvalue weighted by Crippen LogP contribution is 2.32. The molecular formula is C16H17BrN2O5S. The van der Waals surface area contributed by atoms with Gasteiger partial charge in [0.25, 0.3) is 0 Å². The Morgan fingerprint density at radius 3 is 2.56 bits per heavy atom. The molecule has 3 N–H and O–H groups in total. The number of aromatic hydroxyl groups is 1. The highest BCUT2D eigenvalue weighted by molar-refractivity contribution is 9.10. The summed E-state index contributed by atoms with van der Waals surface area (Å²) in [4.78, 5) is 11.9. The van der Waals surface area contributed by atoms with E-state index in [-0.39, 0.29) is 24.5 Å². The molecule has 0 aliphatic rings. The number of hydrogen-bond donors (Lipinski definition) is 3. The van der Waals surface area contributed by atoms with Gasteiger partial charge in [-0.25, -0.2) is 4.72 Å². The van der Waals surface area contributed by atoms with Crippen LogP contribution in [-0.4, -0.2) is 26.5 Å². The van der Waals surface area contributed by atoms with Gasteiger partial charge in [0.15, 0.2) is 11.5 Å². The van der Waals surface area contributed by atoms with Crippen molar-refractivity contribution in [1.29, 1.82) is 0 Å². The third kappa shape index (κ3) is 5.73. The van der Waals surface area contributed by atoms with E-state index in [2.05, 4.69) is 20.7 Å². The maximum atomic E-state index is 12.0. The third-order valence-electron chi connectivity index (χ3n) is 3.26. The van der Waals surface area contributed by atoms with Crippen molar-refractivity contribution in [3.8, 4) is 11.5 Å². The Bertz CT molecular complexity index is 856. The molecule has 7 nitrogen and oxygen atoms in total. The summed E-state index contributed by atoms with van der Waals surface area (Å²) in [6.45, 7) is -0.0921. The highest BCUT2D eigenvalue weighted by Gasteiger charge is 2.16. The van der Waals surface area contributed by atoms with E-state index in [1.54, 1.807) is 24.3 Å². The van der Waals surface area contributed by atoms with Gasteiger partial charge in [0.2, 0.25) is 5.91 Å². The fourth-order valence-corrected chi connectivity index (χ4v) is 3.32. The summed E-state index contributed by atoms with van der Waals surface area (Å²) in [5, 5.41) is 9.65. The Morgan fingerprint density at radius 1 is 1.24 bits per heavy atom. The fourth-order valence-electron chi connectivity index (χ4n) is 2.06. The molecule has 0 bridgehead atoms. The van der Waals surface area contributed by atoms with Crippen LogP contribution in [0.5, 0.6) is 11.5 Å². The van der Waals surface area contributed by atoms with Crippen molar-refractivity contribution in [2.75, 3.05) is 7.11 Å². The number of phenolic OH excluding ortho intramolecular Hbond substituents is 1. The number of hydrogen-bond acceptors (Lipinski definition) is 5. The van der Waals surface area contributed by atoms with Gasteiger partial charge in [0.1, 0.15) is 0 Å². The van der Waals surface area contributed by atoms with Crippen LogP contribution in [0.1, 0.15) is 11.1 Å². The number of halogens is 1. The van der Waals surface area contributed by atoms with E-state index in [0.717, 1.165) is 0 Å². The number of rotatable bonds is 7. The average molecular weight is 429 g/mol. The Labute approximate surface area is 154 Å². The van der Waals surface area contributed by atoms with E-state index in [9.17, 15) is 18.3 Å². The standard InChI is InChI=1S/C16H17BrN2O5S/c1-24-15-8-12(13(17)9-14(15)20)10-18-25(22,23)19-16(21)7-11-5-3-2-4-6-11/h2-6,8-9,18,20H,7,10H2,1H3,(H,19,21). The lowest BCUT2D eigenvalue weighted by atomic mass is 10.1. The number of methoxy groups -OCH3 is 1. The zero-order chi connectivity index (χ0) is 18.4. The minimum Gasteiger partial charge on any atom is -0.504 e. The van der Waals surface area contributed by atoms with Crippen molar-refractivity contribution < 1.29 is 23.1 Å². The summed E-state index contributed by atoms with van der Waals surface area (Å²) in [5.74, 6) is -0.497. The first kappa shape index (κ1) is 19.2. The van der Waals surface area contributed by atoms with Crippen LogP contribution >= 0.6 is 15.9 Å². The maximum Gasteiger partial charge on any atom is 0.301 e. The molecule has 0 aliphatic carbocycles. The van der Waals surface area contributed by atoms with Gasteiger partial charge in [-0.2, -0.15) is 13.1 Å². The summed E-state index contributed by atoms with van der Waals surface area (Å²) in [6.07, 6.45) is -0.0432. The number of carbonyl (C=O) groups excluding carboxylic acids is 1. The predicted octanol–water partition coefficient (Wildman–Crippen LogP) is 1.86. The van der Waals surface area contributed by atoms with E-state index in [0.29, 0.717) is 15.6 Å². The third-order valence-corrected chi connectivity index (χ3v) is 5.02. The molecule has 0 radical (unpaired) electrons. The first-order chi connectivity index (χ1) is 11.8. The SMILES string of the molecule is COc1cc(CNS(=O)(=O)NC(=O)Cc2ccccc2)c(Br)cc1O. The Kier molecular flexibility index (Phi) is 6.40. The summed E-state index contributed by atoms with van der Waals surface area (Å²) in [7, 11) is -2.63. The lowest BCUT2D eigenvalue weighted by Crippen LogP contribution is -2.40. The zero-order valence-electron chi connectivity index (χ0n) is 13.3. The number of carbonyl (C=O) groups is 1. The van der Waals surface area contributed by atoms with Crippen LogP contribution in [0.2, 0.25) is 0 Å². The molecule has 0 saturated carbocycles. The summed E-state index contributed by atoms with van der Waals surface area (Å²) < 4.78 is 33.7. The van der Waals surface area contributed by atoms with Crippen molar-refractivity contribution >= 4 is 32.0 Å². The average Bonchev–Trinajstić information content (AvgIpc) is 2.54. The molecule has 0 aromatic heterocycles. The van der Waals surface area contributed by atoms with E-state index in [4.69, 9.17) is 4.74 Å². The molecule has 0 fully saturated rings. The van der Waals surface area contributed by atoms with Gasteiger partial charge in [0, 0.05) is 11.0 Å². The largest absolute Gasteiger partial charge is 0.504 e. The second kappa shape index (κ2) is 8.32. The number of nitrogens with one attached hydrogen (secondary N) is 2. The van der Waals surface area contributed by atoms with Crippen LogP contribution in [0.4, 0.5) is 0 Å². The maximum absolute atomic E-state index is 12.0. The smallest absolute Gasteiger partial charge is 0.301 e. The Hall–Kier alpha value is -2.10. The molecular weight excluding hydrogens is 412 g/mol. The van der Waals surface area contributed by atoms with Crippen LogP contribution in [0.25, 0.3) is 0 Å². The lowest BCUT2D eigenvalue weighted by Gasteiger charge is -2.11. The Morgan fingerprint density at radius 2 is 1.92 bits per heavy atom.